The molecule has 3 N–H and O–H groups in total. The van der Waals surface area contributed by atoms with Gasteiger partial charge >= 0.3 is 0 Å². The number of benzene rings is 2. The van der Waals surface area contributed by atoms with Crippen molar-refractivity contribution >= 4 is 51.8 Å². The summed E-state index contributed by atoms with van der Waals surface area (Å²) >= 11 is 3.34. The Labute approximate surface area is 184 Å². The molecule has 27 heavy (non-hydrogen) atoms. The molecule has 2 rings (SSSR count). The third kappa shape index (κ3) is 7.45. The molecule has 0 fully saturated rings. The molecule has 0 unspecified atom stereocenters. The molecule has 0 bridgehead atoms. The molecule has 0 saturated carbocycles. The zero-order chi connectivity index (χ0) is 18.9. The van der Waals surface area contributed by atoms with E-state index >= 15 is 0 Å². The number of carbonyl (C=O) groups excluding carboxylic acids is 1. The minimum Gasteiger partial charge on any atom is -0.356 e. The number of nitrogens with one attached hydrogen (secondary N) is 3. The quantitative estimate of drug-likeness (QED) is 0.294. The summed E-state index contributed by atoms with van der Waals surface area (Å²) < 4.78 is 14.6. The summed E-state index contributed by atoms with van der Waals surface area (Å²) in [5, 5.41) is 8.90. The van der Waals surface area contributed by atoms with Gasteiger partial charge in [0.25, 0.3) is 5.91 Å². The van der Waals surface area contributed by atoms with Gasteiger partial charge in [0.2, 0.25) is 0 Å². The first kappa shape index (κ1) is 23.4. The minimum absolute atomic E-state index is 0. The van der Waals surface area contributed by atoms with Crippen LogP contribution in [0.15, 0.2) is 51.9 Å². The number of carbonyl (C=O) groups is 1. The van der Waals surface area contributed by atoms with Crippen LogP contribution in [0.2, 0.25) is 0 Å². The van der Waals surface area contributed by atoms with Crippen molar-refractivity contribution in [2.24, 2.45) is 4.99 Å². The van der Waals surface area contributed by atoms with Crippen molar-refractivity contribution < 1.29 is 9.18 Å². The Morgan fingerprint density at radius 2 is 1.96 bits per heavy atom. The van der Waals surface area contributed by atoms with Crippen molar-refractivity contribution in [3.63, 3.8) is 0 Å². The second kappa shape index (κ2) is 11.9. The summed E-state index contributed by atoms with van der Waals surface area (Å²) in [7, 11) is 3.28. The van der Waals surface area contributed by atoms with Crippen molar-refractivity contribution in [2.45, 2.75) is 13.0 Å². The van der Waals surface area contributed by atoms with Gasteiger partial charge in [-0.15, -0.1) is 24.0 Å². The SMILES string of the molecule is CN=C(NCCc1cccc(C(=O)NC)c1)NCc1cc(Br)ccc1F.I. The first-order chi connectivity index (χ1) is 12.5. The van der Waals surface area contributed by atoms with Crippen molar-refractivity contribution in [2.75, 3.05) is 20.6 Å². The van der Waals surface area contributed by atoms with Gasteiger partial charge in [0, 0.05) is 42.8 Å². The van der Waals surface area contributed by atoms with E-state index in [1.165, 1.54) is 6.07 Å². The second-order valence-electron chi connectivity index (χ2n) is 5.62. The molecular formula is C19H23BrFIN4O. The maximum atomic E-state index is 13.8. The van der Waals surface area contributed by atoms with E-state index in [-0.39, 0.29) is 35.7 Å². The van der Waals surface area contributed by atoms with E-state index in [1.54, 1.807) is 32.3 Å². The molecule has 0 heterocycles. The number of rotatable bonds is 6. The van der Waals surface area contributed by atoms with E-state index in [4.69, 9.17) is 0 Å². The highest BCUT2D eigenvalue weighted by molar-refractivity contribution is 14.0. The van der Waals surface area contributed by atoms with Gasteiger partial charge in [-0.25, -0.2) is 4.39 Å². The summed E-state index contributed by atoms with van der Waals surface area (Å²) in [5.74, 6) is 0.224. The summed E-state index contributed by atoms with van der Waals surface area (Å²) in [6.07, 6.45) is 0.733. The highest BCUT2D eigenvalue weighted by Crippen LogP contribution is 2.15. The highest BCUT2D eigenvalue weighted by Gasteiger charge is 2.06. The minimum atomic E-state index is -0.262. The van der Waals surface area contributed by atoms with Crippen LogP contribution < -0.4 is 16.0 Å². The van der Waals surface area contributed by atoms with Crippen LogP contribution in [0.25, 0.3) is 0 Å². The molecule has 146 valence electrons. The molecule has 0 spiro atoms. The maximum Gasteiger partial charge on any atom is 0.251 e. The largest absolute Gasteiger partial charge is 0.356 e. The van der Waals surface area contributed by atoms with Crippen molar-refractivity contribution in [1.29, 1.82) is 0 Å². The van der Waals surface area contributed by atoms with E-state index < -0.39 is 0 Å². The van der Waals surface area contributed by atoms with Gasteiger partial charge in [0.15, 0.2) is 5.96 Å². The zero-order valence-corrected chi connectivity index (χ0v) is 19.1. The smallest absolute Gasteiger partial charge is 0.251 e. The molecule has 2 aromatic carbocycles. The molecule has 2 aromatic rings. The number of hydrogen-bond acceptors (Lipinski definition) is 2. The van der Waals surface area contributed by atoms with E-state index in [0.717, 1.165) is 16.5 Å². The number of halogens is 3. The molecule has 5 nitrogen and oxygen atoms in total. The van der Waals surface area contributed by atoms with Crippen LogP contribution in [0, 0.1) is 5.82 Å². The first-order valence-corrected chi connectivity index (χ1v) is 9.02. The first-order valence-electron chi connectivity index (χ1n) is 8.23. The summed E-state index contributed by atoms with van der Waals surface area (Å²) in [6, 6.07) is 12.3. The van der Waals surface area contributed by atoms with E-state index in [2.05, 4.69) is 36.9 Å². The molecule has 0 aromatic heterocycles. The normalized spacial score (nSPS) is 10.7. The molecule has 0 aliphatic rings. The lowest BCUT2D eigenvalue weighted by Crippen LogP contribution is -2.38. The average molecular weight is 549 g/mol. The molecular weight excluding hydrogens is 526 g/mol. The number of aliphatic imine (C=N–C) groups is 1. The lowest BCUT2D eigenvalue weighted by Gasteiger charge is -2.13. The number of nitrogens with zero attached hydrogens (tertiary/aromatic N) is 1. The van der Waals surface area contributed by atoms with E-state index in [1.807, 2.05) is 18.2 Å². The van der Waals surface area contributed by atoms with Crippen LogP contribution in [0.5, 0.6) is 0 Å². The fourth-order valence-corrected chi connectivity index (χ4v) is 2.82. The molecule has 0 aliphatic carbocycles. The van der Waals surface area contributed by atoms with Crippen molar-refractivity contribution in [1.82, 2.24) is 16.0 Å². The Morgan fingerprint density at radius 1 is 1.19 bits per heavy atom. The lowest BCUT2D eigenvalue weighted by atomic mass is 10.1. The fraction of sp³-hybridized carbons (Fsp3) is 0.263. The van der Waals surface area contributed by atoms with Crippen LogP contribution in [0.1, 0.15) is 21.5 Å². The Morgan fingerprint density at radius 3 is 2.67 bits per heavy atom. The third-order valence-electron chi connectivity index (χ3n) is 3.80. The predicted molar refractivity (Wildman–Crippen MR) is 121 cm³/mol. The van der Waals surface area contributed by atoms with Gasteiger partial charge < -0.3 is 16.0 Å². The predicted octanol–water partition coefficient (Wildman–Crippen LogP) is 3.47. The van der Waals surface area contributed by atoms with E-state index in [9.17, 15) is 9.18 Å². The lowest BCUT2D eigenvalue weighted by molar-refractivity contribution is 0.0963. The molecule has 0 radical (unpaired) electrons. The Balaban J connectivity index is 0.00000364. The molecule has 8 heteroatoms. The average Bonchev–Trinajstić information content (AvgIpc) is 2.66. The van der Waals surface area contributed by atoms with Gasteiger partial charge in [-0.05, 0) is 42.3 Å². The van der Waals surface area contributed by atoms with Gasteiger partial charge in [-0.1, -0.05) is 28.1 Å². The summed E-state index contributed by atoms with van der Waals surface area (Å²) in [6.45, 7) is 0.967. The summed E-state index contributed by atoms with van der Waals surface area (Å²) in [5.41, 5.74) is 2.24. The standard InChI is InChI=1S/C19H22BrFN4O.HI/c1-22-18(26)14-5-3-4-13(10-14)8-9-24-19(23-2)25-12-15-11-16(20)6-7-17(15)21;/h3-7,10-11H,8-9,12H2,1-2H3,(H,22,26)(H2,23,24,25);1H. The van der Waals surface area contributed by atoms with Crippen LogP contribution in [0.4, 0.5) is 4.39 Å². The Kier molecular flexibility index (Phi) is 10.3. The van der Waals surface area contributed by atoms with Gasteiger partial charge in [0.1, 0.15) is 5.82 Å². The highest BCUT2D eigenvalue weighted by atomic mass is 127. The maximum absolute atomic E-state index is 13.8. The van der Waals surface area contributed by atoms with Crippen LogP contribution in [-0.2, 0) is 13.0 Å². The van der Waals surface area contributed by atoms with Gasteiger partial charge in [-0.3, -0.25) is 9.79 Å². The number of hydrogen-bond donors (Lipinski definition) is 3. The summed E-state index contributed by atoms with van der Waals surface area (Å²) in [4.78, 5) is 15.8. The molecule has 1 amide bonds. The topological polar surface area (TPSA) is 65.5 Å². The second-order valence-corrected chi connectivity index (χ2v) is 6.53. The van der Waals surface area contributed by atoms with E-state index in [0.29, 0.717) is 30.2 Å². The van der Waals surface area contributed by atoms with Crippen LogP contribution in [-0.4, -0.2) is 32.5 Å². The Hall–Kier alpha value is -1.68. The van der Waals surface area contributed by atoms with Gasteiger partial charge in [-0.2, -0.15) is 0 Å². The van der Waals surface area contributed by atoms with Crippen molar-refractivity contribution in [3.05, 3.63) is 69.4 Å². The monoisotopic (exact) mass is 548 g/mol. The third-order valence-corrected chi connectivity index (χ3v) is 4.29. The van der Waals surface area contributed by atoms with Crippen LogP contribution >= 0.6 is 39.9 Å². The number of amides is 1. The molecule has 0 atom stereocenters. The zero-order valence-electron chi connectivity index (χ0n) is 15.2. The fourth-order valence-electron chi connectivity index (χ4n) is 2.42. The van der Waals surface area contributed by atoms with Crippen molar-refractivity contribution in [3.8, 4) is 0 Å². The molecule has 0 aliphatic heterocycles. The molecule has 0 saturated heterocycles. The Bertz CT molecular complexity index is 801. The number of guanidine groups is 1. The van der Waals surface area contributed by atoms with Crippen LogP contribution in [0.3, 0.4) is 0 Å². The van der Waals surface area contributed by atoms with Gasteiger partial charge in [0.05, 0.1) is 0 Å².